The zero-order valence-electron chi connectivity index (χ0n) is 12.5. The van der Waals surface area contributed by atoms with Gasteiger partial charge in [0.25, 0.3) is 0 Å². The van der Waals surface area contributed by atoms with Gasteiger partial charge in [-0.1, -0.05) is 39.2 Å². The maximum Gasteiger partial charge on any atom is 0.477 e. The molecule has 0 N–H and O–H groups in total. The lowest BCUT2D eigenvalue weighted by Crippen LogP contribution is -2.20. The number of carbonyl (C=O) groups is 1. The summed E-state index contributed by atoms with van der Waals surface area (Å²) in [6.45, 7) is 5.44. The Hall–Kier alpha value is -0.680. The Morgan fingerprint density at radius 3 is 2.30 bits per heavy atom. The summed E-state index contributed by atoms with van der Waals surface area (Å²) in [5, 5.41) is 0. The Kier molecular flexibility index (Phi) is 10.7. The molecule has 20 heavy (non-hydrogen) atoms. The molecule has 0 aromatic rings. The van der Waals surface area contributed by atoms with Crippen LogP contribution >= 0.6 is 7.82 Å². The van der Waals surface area contributed by atoms with Crippen LogP contribution in [0.15, 0.2) is 12.7 Å². The molecule has 0 radical (unpaired) electrons. The van der Waals surface area contributed by atoms with Crippen molar-refractivity contribution in [2.24, 2.45) is 0 Å². The first-order valence-electron chi connectivity index (χ1n) is 6.74. The van der Waals surface area contributed by atoms with Crippen molar-refractivity contribution in [1.82, 2.24) is 0 Å². The van der Waals surface area contributed by atoms with Crippen LogP contribution in [0.4, 0.5) is 0 Å². The number of carbonyl (C=O) groups excluding carboxylic acids is 1. The Bertz CT molecular complexity index is 323. The van der Waals surface area contributed by atoms with Crippen LogP contribution in [0, 0.1) is 0 Å². The van der Waals surface area contributed by atoms with Gasteiger partial charge in [0, 0.05) is 26.7 Å². The largest absolute Gasteiger partial charge is 0.477 e. The van der Waals surface area contributed by atoms with Crippen LogP contribution in [0.25, 0.3) is 0 Å². The van der Waals surface area contributed by atoms with Crippen molar-refractivity contribution < 1.29 is 27.7 Å². The molecular formula is C13H25O6P. The summed E-state index contributed by atoms with van der Waals surface area (Å²) in [5.74, 6) is -0.637. The topological polar surface area (TPSA) is 71.1 Å². The van der Waals surface area contributed by atoms with E-state index in [0.29, 0.717) is 6.42 Å². The molecule has 0 bridgehead atoms. The second-order valence-electron chi connectivity index (χ2n) is 4.19. The van der Waals surface area contributed by atoms with Crippen molar-refractivity contribution in [3.05, 3.63) is 12.7 Å². The molecule has 0 aromatic heterocycles. The monoisotopic (exact) mass is 308 g/mol. The van der Waals surface area contributed by atoms with Crippen LogP contribution in [-0.4, -0.2) is 26.5 Å². The third kappa shape index (κ3) is 8.48. The maximum atomic E-state index is 11.9. The number of ether oxygens (including phenoxy) is 1. The van der Waals surface area contributed by atoms with E-state index < -0.39 is 20.1 Å². The molecule has 0 aliphatic heterocycles. The van der Waals surface area contributed by atoms with E-state index in [2.05, 4.69) is 22.6 Å². The van der Waals surface area contributed by atoms with Crippen molar-refractivity contribution in [2.75, 3.05) is 14.2 Å². The van der Waals surface area contributed by atoms with E-state index in [4.69, 9.17) is 9.26 Å². The van der Waals surface area contributed by atoms with Gasteiger partial charge in [-0.15, -0.1) is 0 Å². The molecule has 0 amide bonds. The van der Waals surface area contributed by atoms with E-state index in [1.54, 1.807) is 0 Å². The summed E-state index contributed by atoms with van der Waals surface area (Å²) in [6, 6.07) is 0. The van der Waals surface area contributed by atoms with Crippen molar-refractivity contribution in [2.45, 2.75) is 51.7 Å². The lowest BCUT2D eigenvalue weighted by molar-refractivity contribution is -0.160. The summed E-state index contributed by atoms with van der Waals surface area (Å²) in [6.07, 6.45) is 5.68. The molecule has 0 saturated carbocycles. The van der Waals surface area contributed by atoms with Gasteiger partial charge in [-0.2, -0.15) is 0 Å². The summed E-state index contributed by atoms with van der Waals surface area (Å²) in [4.78, 5) is 11.2. The fourth-order valence-electron chi connectivity index (χ4n) is 1.53. The minimum Gasteiger partial charge on any atom is -0.432 e. The maximum absolute atomic E-state index is 11.9. The smallest absolute Gasteiger partial charge is 0.432 e. The molecule has 0 fully saturated rings. The molecule has 118 valence electrons. The van der Waals surface area contributed by atoms with Crippen molar-refractivity contribution >= 4 is 13.8 Å². The van der Waals surface area contributed by atoms with E-state index >= 15 is 0 Å². The van der Waals surface area contributed by atoms with Crippen molar-refractivity contribution in [1.29, 1.82) is 0 Å². The van der Waals surface area contributed by atoms with Gasteiger partial charge in [0.1, 0.15) is 0 Å². The molecule has 0 saturated heterocycles. The standard InChI is InChI=1S/C13H25O6P/c1-5-7-8-9-10-11-13(18-12(14)6-2)19-20(15,16-3)17-4/h6,13H,2,5,7-11H2,1,3-4H3. The van der Waals surface area contributed by atoms with E-state index in [-0.39, 0.29) is 0 Å². The normalized spacial score (nSPS) is 12.9. The molecule has 0 heterocycles. The van der Waals surface area contributed by atoms with Gasteiger partial charge < -0.3 is 4.74 Å². The first kappa shape index (κ1) is 19.3. The van der Waals surface area contributed by atoms with Crippen LogP contribution in [0.5, 0.6) is 0 Å². The fourth-order valence-corrected chi connectivity index (χ4v) is 2.29. The Morgan fingerprint density at radius 2 is 1.80 bits per heavy atom. The van der Waals surface area contributed by atoms with Gasteiger partial charge in [0.15, 0.2) is 0 Å². The first-order chi connectivity index (χ1) is 9.51. The van der Waals surface area contributed by atoms with Gasteiger partial charge in [-0.25, -0.2) is 13.9 Å². The zero-order valence-corrected chi connectivity index (χ0v) is 13.4. The van der Waals surface area contributed by atoms with E-state index in [0.717, 1.165) is 38.2 Å². The predicted molar refractivity (Wildman–Crippen MR) is 76.2 cm³/mol. The highest BCUT2D eigenvalue weighted by molar-refractivity contribution is 7.48. The van der Waals surface area contributed by atoms with E-state index in [9.17, 15) is 9.36 Å². The Morgan fingerprint density at radius 1 is 1.20 bits per heavy atom. The Labute approximate surface area is 121 Å². The third-order valence-corrected chi connectivity index (χ3v) is 4.04. The second-order valence-corrected chi connectivity index (χ2v) is 6.03. The van der Waals surface area contributed by atoms with Gasteiger partial charge in [-0.05, 0) is 6.42 Å². The number of rotatable bonds is 12. The van der Waals surface area contributed by atoms with Gasteiger partial charge in [-0.3, -0.25) is 9.05 Å². The highest BCUT2D eigenvalue weighted by atomic mass is 31.2. The number of unbranched alkanes of at least 4 members (excludes halogenated alkanes) is 4. The van der Waals surface area contributed by atoms with E-state index in [1.807, 2.05) is 0 Å². The molecule has 1 atom stereocenters. The van der Waals surface area contributed by atoms with Crippen molar-refractivity contribution in [3.8, 4) is 0 Å². The molecular weight excluding hydrogens is 283 g/mol. The third-order valence-electron chi connectivity index (χ3n) is 2.65. The molecule has 0 spiro atoms. The number of esters is 1. The van der Waals surface area contributed by atoms with Crippen LogP contribution in [0.3, 0.4) is 0 Å². The average molecular weight is 308 g/mol. The van der Waals surface area contributed by atoms with Crippen molar-refractivity contribution in [3.63, 3.8) is 0 Å². The number of hydrogen-bond donors (Lipinski definition) is 0. The first-order valence-corrected chi connectivity index (χ1v) is 8.20. The summed E-state index contributed by atoms with van der Waals surface area (Å²) in [5.41, 5.74) is 0. The fraction of sp³-hybridized carbons (Fsp3) is 0.769. The van der Waals surface area contributed by atoms with Crippen LogP contribution in [0.2, 0.25) is 0 Å². The minimum absolute atomic E-state index is 0.431. The molecule has 0 rings (SSSR count). The minimum atomic E-state index is -3.68. The molecule has 0 aromatic carbocycles. The quantitative estimate of drug-likeness (QED) is 0.179. The lowest BCUT2D eigenvalue weighted by atomic mass is 10.1. The highest BCUT2D eigenvalue weighted by Gasteiger charge is 2.29. The van der Waals surface area contributed by atoms with Crippen LogP contribution in [-0.2, 0) is 27.7 Å². The average Bonchev–Trinajstić information content (AvgIpc) is 2.46. The van der Waals surface area contributed by atoms with Gasteiger partial charge in [0.05, 0.1) is 0 Å². The van der Waals surface area contributed by atoms with Crippen LogP contribution in [0.1, 0.15) is 45.4 Å². The SMILES string of the molecule is C=CC(=O)OC(CCCCCCC)OP(=O)(OC)OC. The lowest BCUT2D eigenvalue weighted by Gasteiger charge is -2.21. The van der Waals surface area contributed by atoms with E-state index in [1.165, 1.54) is 14.2 Å². The molecule has 6 nitrogen and oxygen atoms in total. The molecule has 0 aliphatic rings. The predicted octanol–water partition coefficient (Wildman–Crippen LogP) is 3.82. The summed E-state index contributed by atoms with van der Waals surface area (Å²) >= 11 is 0. The number of hydrogen-bond acceptors (Lipinski definition) is 6. The number of phosphoric ester groups is 1. The summed E-state index contributed by atoms with van der Waals surface area (Å²) < 4.78 is 31.4. The van der Waals surface area contributed by atoms with Gasteiger partial charge in [0.2, 0.25) is 6.29 Å². The summed E-state index contributed by atoms with van der Waals surface area (Å²) in [7, 11) is -1.26. The van der Waals surface area contributed by atoms with Crippen LogP contribution < -0.4 is 0 Å². The van der Waals surface area contributed by atoms with Gasteiger partial charge >= 0.3 is 13.8 Å². The number of phosphoric acid groups is 1. The Balaban J connectivity index is 4.37. The zero-order chi connectivity index (χ0) is 15.4. The molecule has 1 unspecified atom stereocenters. The molecule has 7 heteroatoms. The highest BCUT2D eigenvalue weighted by Crippen LogP contribution is 2.49. The second kappa shape index (κ2) is 11.0. The molecule has 0 aliphatic carbocycles.